The van der Waals surface area contributed by atoms with Crippen molar-refractivity contribution in [1.29, 1.82) is 0 Å². The van der Waals surface area contributed by atoms with Crippen LogP contribution in [-0.4, -0.2) is 43.5 Å². The van der Waals surface area contributed by atoms with Crippen LogP contribution < -0.4 is 0 Å². The highest BCUT2D eigenvalue weighted by Gasteiger charge is 2.28. The molecule has 2 aliphatic carbocycles. The zero-order valence-electron chi connectivity index (χ0n) is 9.53. The van der Waals surface area contributed by atoms with Crippen LogP contribution in [0.5, 0.6) is 0 Å². The third kappa shape index (κ3) is 5.23. The lowest BCUT2D eigenvalue weighted by atomic mass is 10.3. The van der Waals surface area contributed by atoms with Gasteiger partial charge in [-0.3, -0.25) is 0 Å². The maximum atomic E-state index is 5.50. The fourth-order valence-corrected chi connectivity index (χ4v) is 2.08. The third-order valence-corrected chi connectivity index (χ3v) is 3.40. The average Bonchev–Trinajstić information content (AvgIpc) is 3.07. The van der Waals surface area contributed by atoms with Crippen molar-refractivity contribution in [3.8, 4) is 0 Å². The lowest BCUT2D eigenvalue weighted by Gasteiger charge is -2.21. The molecule has 88 valence electrons. The molecule has 0 aromatic heterocycles. The largest absolute Gasteiger partial charge is 0.379 e. The lowest BCUT2D eigenvalue weighted by Crippen LogP contribution is -2.31. The van der Waals surface area contributed by atoms with Crippen LogP contribution in [-0.2, 0) is 4.74 Å². The molecule has 0 saturated heterocycles. The first-order chi connectivity index (χ1) is 7.38. The van der Waals surface area contributed by atoms with E-state index in [2.05, 4.69) is 17.5 Å². The average molecular weight is 229 g/mol. The standard InChI is InChI=1S/C12H23NOS/c15-8-7-14-6-5-13(9-11-1-2-11)10-12-3-4-12/h11-12,15H,1-10H2. The fraction of sp³-hybridized carbons (Fsp3) is 1.00. The van der Waals surface area contributed by atoms with Crippen molar-refractivity contribution in [2.45, 2.75) is 25.7 Å². The van der Waals surface area contributed by atoms with E-state index < -0.39 is 0 Å². The molecule has 0 radical (unpaired) electrons. The normalized spacial score (nSPS) is 21.2. The molecule has 2 saturated carbocycles. The summed E-state index contributed by atoms with van der Waals surface area (Å²) in [4.78, 5) is 2.62. The van der Waals surface area contributed by atoms with Crippen molar-refractivity contribution < 1.29 is 4.74 Å². The molecule has 0 aromatic carbocycles. The summed E-state index contributed by atoms with van der Waals surface area (Å²) in [7, 11) is 0. The Morgan fingerprint density at radius 3 is 2.07 bits per heavy atom. The zero-order valence-corrected chi connectivity index (χ0v) is 10.4. The molecule has 0 unspecified atom stereocenters. The molecule has 0 aromatic rings. The number of hydrogen-bond donors (Lipinski definition) is 1. The van der Waals surface area contributed by atoms with Crippen LogP contribution in [0.15, 0.2) is 0 Å². The number of hydrogen-bond acceptors (Lipinski definition) is 3. The van der Waals surface area contributed by atoms with Gasteiger partial charge in [0.1, 0.15) is 0 Å². The Kier molecular flexibility index (Phi) is 4.79. The van der Waals surface area contributed by atoms with Crippen molar-refractivity contribution in [2.24, 2.45) is 11.8 Å². The summed E-state index contributed by atoms with van der Waals surface area (Å²) >= 11 is 4.14. The van der Waals surface area contributed by atoms with E-state index in [0.717, 1.165) is 37.3 Å². The second kappa shape index (κ2) is 6.12. The number of nitrogens with zero attached hydrogens (tertiary/aromatic N) is 1. The molecule has 0 bridgehead atoms. The van der Waals surface area contributed by atoms with Crippen molar-refractivity contribution in [3.63, 3.8) is 0 Å². The van der Waals surface area contributed by atoms with Gasteiger partial charge in [0.2, 0.25) is 0 Å². The number of rotatable bonds is 9. The van der Waals surface area contributed by atoms with Crippen LogP contribution >= 0.6 is 12.6 Å². The van der Waals surface area contributed by atoms with Gasteiger partial charge in [0.15, 0.2) is 0 Å². The Morgan fingerprint density at radius 2 is 1.60 bits per heavy atom. The molecule has 0 aliphatic heterocycles. The predicted octanol–water partition coefficient (Wildman–Crippen LogP) is 2.05. The highest BCUT2D eigenvalue weighted by Crippen LogP contribution is 2.33. The molecule has 2 nitrogen and oxygen atoms in total. The first-order valence-electron chi connectivity index (χ1n) is 6.29. The van der Waals surface area contributed by atoms with Gasteiger partial charge in [-0.2, -0.15) is 12.6 Å². The third-order valence-electron chi connectivity index (χ3n) is 3.21. The van der Waals surface area contributed by atoms with Gasteiger partial charge < -0.3 is 9.64 Å². The summed E-state index contributed by atoms with van der Waals surface area (Å²) < 4.78 is 5.50. The second-order valence-corrected chi connectivity index (χ2v) is 5.43. The van der Waals surface area contributed by atoms with Crippen LogP contribution in [0.2, 0.25) is 0 Å². The summed E-state index contributed by atoms with van der Waals surface area (Å²) in [6.45, 7) is 5.45. The minimum absolute atomic E-state index is 0.795. The van der Waals surface area contributed by atoms with E-state index in [9.17, 15) is 0 Å². The van der Waals surface area contributed by atoms with Crippen molar-refractivity contribution >= 4 is 12.6 Å². The van der Waals surface area contributed by atoms with Gasteiger partial charge in [-0.15, -0.1) is 0 Å². The first kappa shape index (κ1) is 11.7. The predicted molar refractivity (Wildman–Crippen MR) is 66.6 cm³/mol. The summed E-state index contributed by atoms with van der Waals surface area (Å²) in [5, 5.41) is 0. The second-order valence-electron chi connectivity index (χ2n) is 4.98. The van der Waals surface area contributed by atoms with E-state index >= 15 is 0 Å². The molecule has 0 heterocycles. The van der Waals surface area contributed by atoms with E-state index in [1.54, 1.807) is 0 Å². The molecule has 0 amide bonds. The van der Waals surface area contributed by atoms with Crippen molar-refractivity contribution in [3.05, 3.63) is 0 Å². The van der Waals surface area contributed by atoms with Crippen molar-refractivity contribution in [1.82, 2.24) is 4.90 Å². The molecule has 0 N–H and O–H groups in total. The van der Waals surface area contributed by atoms with Gasteiger partial charge in [-0.25, -0.2) is 0 Å². The van der Waals surface area contributed by atoms with Gasteiger partial charge in [-0.1, -0.05) is 0 Å². The highest BCUT2D eigenvalue weighted by atomic mass is 32.1. The lowest BCUT2D eigenvalue weighted by molar-refractivity contribution is 0.111. The van der Waals surface area contributed by atoms with Gasteiger partial charge in [-0.05, 0) is 37.5 Å². The summed E-state index contributed by atoms with van der Waals surface area (Å²) in [6.07, 6.45) is 5.83. The Hall–Kier alpha value is 0.270. The molecule has 2 rings (SSSR count). The topological polar surface area (TPSA) is 12.5 Å². The number of ether oxygens (including phenoxy) is 1. The van der Waals surface area contributed by atoms with E-state index in [1.165, 1.54) is 38.8 Å². The van der Waals surface area contributed by atoms with Crippen LogP contribution in [0, 0.1) is 11.8 Å². The van der Waals surface area contributed by atoms with Crippen LogP contribution in [0.1, 0.15) is 25.7 Å². The quantitative estimate of drug-likeness (QED) is 0.480. The highest BCUT2D eigenvalue weighted by molar-refractivity contribution is 7.80. The Morgan fingerprint density at radius 1 is 1.00 bits per heavy atom. The summed E-state index contributed by atoms with van der Waals surface area (Å²) in [5.74, 6) is 2.85. The minimum atomic E-state index is 0.795. The van der Waals surface area contributed by atoms with Gasteiger partial charge in [0, 0.05) is 25.4 Å². The van der Waals surface area contributed by atoms with Gasteiger partial charge in [0.25, 0.3) is 0 Å². The van der Waals surface area contributed by atoms with Gasteiger partial charge >= 0.3 is 0 Å². The van der Waals surface area contributed by atoms with E-state index in [1.807, 2.05) is 0 Å². The zero-order chi connectivity index (χ0) is 10.5. The summed E-state index contributed by atoms with van der Waals surface area (Å²) in [6, 6.07) is 0. The molecule has 2 aliphatic rings. The molecule has 15 heavy (non-hydrogen) atoms. The van der Waals surface area contributed by atoms with E-state index in [-0.39, 0.29) is 0 Å². The SMILES string of the molecule is SCCOCCN(CC1CC1)CC1CC1. The van der Waals surface area contributed by atoms with Crippen molar-refractivity contribution in [2.75, 3.05) is 38.6 Å². The smallest absolute Gasteiger partial charge is 0.0593 e. The molecule has 0 atom stereocenters. The van der Waals surface area contributed by atoms with Gasteiger partial charge in [0.05, 0.1) is 13.2 Å². The molecule has 2 fully saturated rings. The Labute approximate surface area is 98.8 Å². The maximum absolute atomic E-state index is 5.50. The fourth-order valence-electron chi connectivity index (χ4n) is 1.95. The van der Waals surface area contributed by atoms with E-state index in [0.29, 0.717) is 0 Å². The summed E-state index contributed by atoms with van der Waals surface area (Å²) in [5.41, 5.74) is 0. The minimum Gasteiger partial charge on any atom is -0.379 e. The Balaban J connectivity index is 1.57. The molecular formula is C12H23NOS. The molecule has 3 heteroatoms. The molecular weight excluding hydrogens is 206 g/mol. The Bertz CT molecular complexity index is 166. The van der Waals surface area contributed by atoms with Crippen LogP contribution in [0.3, 0.4) is 0 Å². The molecule has 0 spiro atoms. The maximum Gasteiger partial charge on any atom is 0.0593 e. The monoisotopic (exact) mass is 229 g/mol. The van der Waals surface area contributed by atoms with E-state index in [4.69, 9.17) is 4.74 Å². The van der Waals surface area contributed by atoms with Crippen LogP contribution in [0.25, 0.3) is 0 Å². The van der Waals surface area contributed by atoms with Crippen LogP contribution in [0.4, 0.5) is 0 Å². The first-order valence-corrected chi connectivity index (χ1v) is 6.92. The number of thiol groups is 1.